The van der Waals surface area contributed by atoms with Gasteiger partial charge in [-0.3, -0.25) is 0 Å². The minimum Gasteiger partial charge on any atom is -0.392 e. The summed E-state index contributed by atoms with van der Waals surface area (Å²) in [6, 6.07) is 14.7. The molecule has 6 heteroatoms. The van der Waals surface area contributed by atoms with Gasteiger partial charge in [-0.15, -0.1) is 15.0 Å². The van der Waals surface area contributed by atoms with Crippen LogP contribution in [-0.4, -0.2) is 25.3 Å². The molecule has 0 radical (unpaired) electrons. The molecule has 0 saturated heterocycles. The number of hydrogen-bond donors (Lipinski definition) is 1. The summed E-state index contributed by atoms with van der Waals surface area (Å²) in [5.41, 5.74) is 2.19. The zero-order valence-electron chi connectivity index (χ0n) is 10.4. The molecule has 0 aliphatic rings. The van der Waals surface area contributed by atoms with Gasteiger partial charge in [0.15, 0.2) is 0 Å². The van der Waals surface area contributed by atoms with Crippen molar-refractivity contribution >= 4 is 11.6 Å². The van der Waals surface area contributed by atoms with E-state index in [1.807, 2.05) is 30.3 Å². The number of aliphatic hydroxyl groups is 1. The third kappa shape index (κ3) is 2.41. The van der Waals surface area contributed by atoms with Gasteiger partial charge >= 0.3 is 0 Å². The molecule has 0 saturated carbocycles. The lowest BCUT2D eigenvalue weighted by atomic mass is 10.2. The van der Waals surface area contributed by atoms with Crippen molar-refractivity contribution in [2.45, 2.75) is 6.61 Å². The number of halogens is 1. The highest BCUT2D eigenvalue weighted by Gasteiger charge is 2.10. The van der Waals surface area contributed by atoms with E-state index in [1.165, 1.54) is 4.80 Å². The molecular formula is C14H11ClN4O. The van der Waals surface area contributed by atoms with Crippen LogP contribution >= 0.6 is 11.6 Å². The maximum atomic E-state index is 9.36. The quantitative estimate of drug-likeness (QED) is 0.803. The van der Waals surface area contributed by atoms with Gasteiger partial charge < -0.3 is 5.11 Å². The minimum absolute atomic E-state index is 0.116. The van der Waals surface area contributed by atoms with Crippen molar-refractivity contribution in [3.8, 4) is 17.1 Å². The Kier molecular flexibility index (Phi) is 3.45. The van der Waals surface area contributed by atoms with Crippen LogP contribution in [0.25, 0.3) is 17.1 Å². The second-order valence-electron chi connectivity index (χ2n) is 4.20. The number of hydrogen-bond acceptors (Lipinski definition) is 4. The molecule has 0 atom stereocenters. The van der Waals surface area contributed by atoms with Crippen molar-refractivity contribution in [2.75, 3.05) is 0 Å². The van der Waals surface area contributed by atoms with E-state index in [9.17, 15) is 5.11 Å². The second kappa shape index (κ2) is 5.40. The van der Waals surface area contributed by atoms with E-state index in [1.54, 1.807) is 18.2 Å². The van der Waals surface area contributed by atoms with Gasteiger partial charge in [0.05, 0.1) is 12.3 Å². The molecule has 0 unspecified atom stereocenters. The predicted octanol–water partition coefficient (Wildman–Crippen LogP) is 2.47. The Morgan fingerprint density at radius 2 is 1.90 bits per heavy atom. The van der Waals surface area contributed by atoms with Gasteiger partial charge in [0.2, 0.25) is 5.82 Å². The van der Waals surface area contributed by atoms with Crippen molar-refractivity contribution in [3.63, 3.8) is 0 Å². The highest BCUT2D eigenvalue weighted by molar-refractivity contribution is 6.30. The fourth-order valence-corrected chi connectivity index (χ4v) is 2.04. The Balaban J connectivity index is 2.04. The van der Waals surface area contributed by atoms with Crippen LogP contribution in [0.15, 0.2) is 48.5 Å². The first-order valence-corrected chi connectivity index (χ1v) is 6.41. The van der Waals surface area contributed by atoms with Crippen molar-refractivity contribution in [3.05, 3.63) is 59.1 Å². The summed E-state index contributed by atoms with van der Waals surface area (Å²) >= 11 is 5.98. The molecule has 1 heterocycles. The first kappa shape index (κ1) is 12.8. The molecule has 5 nitrogen and oxygen atoms in total. The molecule has 0 spiro atoms. The normalized spacial score (nSPS) is 10.7. The van der Waals surface area contributed by atoms with Gasteiger partial charge in [0, 0.05) is 16.1 Å². The Hall–Kier alpha value is -2.24. The molecule has 3 rings (SSSR count). The molecule has 1 N–H and O–H groups in total. The summed E-state index contributed by atoms with van der Waals surface area (Å²) < 4.78 is 0. The number of tetrazole rings is 1. The van der Waals surface area contributed by atoms with E-state index < -0.39 is 0 Å². The zero-order chi connectivity index (χ0) is 13.9. The van der Waals surface area contributed by atoms with Crippen molar-refractivity contribution in [2.24, 2.45) is 0 Å². The molecular weight excluding hydrogens is 276 g/mol. The monoisotopic (exact) mass is 286 g/mol. The lowest BCUT2D eigenvalue weighted by Crippen LogP contribution is -2.03. The molecule has 100 valence electrons. The topological polar surface area (TPSA) is 63.8 Å². The van der Waals surface area contributed by atoms with Crippen molar-refractivity contribution in [1.29, 1.82) is 0 Å². The number of aliphatic hydroxyl groups excluding tert-OH is 1. The maximum Gasteiger partial charge on any atom is 0.205 e. The molecule has 2 aromatic carbocycles. The molecule has 20 heavy (non-hydrogen) atoms. The summed E-state index contributed by atoms with van der Waals surface area (Å²) in [6.07, 6.45) is 0. The lowest BCUT2D eigenvalue weighted by Gasteiger charge is -2.05. The van der Waals surface area contributed by atoms with Gasteiger partial charge in [-0.05, 0) is 17.3 Å². The molecule has 0 amide bonds. The first-order valence-electron chi connectivity index (χ1n) is 6.03. The van der Waals surface area contributed by atoms with Crippen LogP contribution in [0.5, 0.6) is 0 Å². The third-order valence-electron chi connectivity index (χ3n) is 2.88. The van der Waals surface area contributed by atoms with Crippen LogP contribution in [-0.2, 0) is 6.61 Å². The van der Waals surface area contributed by atoms with Gasteiger partial charge in [-0.2, -0.15) is 0 Å². The summed E-state index contributed by atoms with van der Waals surface area (Å²) in [4.78, 5) is 1.37. The predicted molar refractivity (Wildman–Crippen MR) is 75.5 cm³/mol. The molecule has 3 aromatic rings. The summed E-state index contributed by atoms with van der Waals surface area (Å²) in [6.45, 7) is -0.116. The number of rotatable bonds is 3. The van der Waals surface area contributed by atoms with Crippen molar-refractivity contribution in [1.82, 2.24) is 20.2 Å². The van der Waals surface area contributed by atoms with Crippen LogP contribution in [0, 0.1) is 0 Å². The van der Waals surface area contributed by atoms with Gasteiger partial charge in [-0.25, -0.2) is 0 Å². The van der Waals surface area contributed by atoms with E-state index in [-0.39, 0.29) is 6.61 Å². The number of nitrogens with zero attached hydrogens (tertiary/aromatic N) is 4. The van der Waals surface area contributed by atoms with Gasteiger partial charge in [0.25, 0.3) is 0 Å². The maximum absolute atomic E-state index is 9.36. The molecule has 0 bridgehead atoms. The lowest BCUT2D eigenvalue weighted by molar-refractivity contribution is 0.281. The third-order valence-corrected chi connectivity index (χ3v) is 3.11. The van der Waals surface area contributed by atoms with Crippen LogP contribution in [0.1, 0.15) is 5.56 Å². The molecule has 0 fully saturated rings. The molecule has 0 aliphatic carbocycles. The Labute approximate surface area is 120 Å². The van der Waals surface area contributed by atoms with Crippen LogP contribution < -0.4 is 0 Å². The first-order chi connectivity index (χ1) is 9.78. The van der Waals surface area contributed by atoms with Crippen LogP contribution in [0.3, 0.4) is 0 Å². The number of benzene rings is 2. The Morgan fingerprint density at radius 1 is 1.10 bits per heavy atom. The van der Waals surface area contributed by atoms with E-state index in [0.717, 1.165) is 5.56 Å². The van der Waals surface area contributed by atoms with E-state index in [4.69, 9.17) is 11.6 Å². The smallest absolute Gasteiger partial charge is 0.205 e. The fraction of sp³-hybridized carbons (Fsp3) is 0.0714. The zero-order valence-corrected chi connectivity index (χ0v) is 11.2. The van der Waals surface area contributed by atoms with Gasteiger partial charge in [-0.1, -0.05) is 48.0 Å². The highest BCUT2D eigenvalue weighted by Crippen LogP contribution is 2.20. The van der Waals surface area contributed by atoms with E-state index >= 15 is 0 Å². The molecule has 0 aliphatic heterocycles. The SMILES string of the molecule is OCc1ccc(Cl)cc1-n1nnc(-c2ccccc2)n1. The highest BCUT2D eigenvalue weighted by atomic mass is 35.5. The van der Waals surface area contributed by atoms with Crippen molar-refractivity contribution < 1.29 is 5.11 Å². The average Bonchev–Trinajstić information content (AvgIpc) is 2.98. The van der Waals surface area contributed by atoms with Crippen LogP contribution in [0.2, 0.25) is 5.02 Å². The van der Waals surface area contributed by atoms with E-state index in [0.29, 0.717) is 22.1 Å². The largest absolute Gasteiger partial charge is 0.392 e. The van der Waals surface area contributed by atoms with Crippen LogP contribution in [0.4, 0.5) is 0 Å². The Morgan fingerprint density at radius 3 is 2.65 bits per heavy atom. The van der Waals surface area contributed by atoms with E-state index in [2.05, 4.69) is 15.4 Å². The summed E-state index contributed by atoms with van der Waals surface area (Å²) in [5.74, 6) is 0.523. The molecule has 1 aromatic heterocycles. The average molecular weight is 287 g/mol. The van der Waals surface area contributed by atoms with Gasteiger partial charge in [0.1, 0.15) is 0 Å². The Bertz CT molecular complexity index is 727. The standard InChI is InChI=1S/C14H11ClN4O/c15-12-7-6-11(9-20)13(8-12)19-17-14(16-18-19)10-4-2-1-3-5-10/h1-8,20H,9H2. The summed E-state index contributed by atoms with van der Waals surface area (Å²) in [7, 11) is 0. The summed E-state index contributed by atoms with van der Waals surface area (Å²) in [5, 5.41) is 22.3. The fourth-order valence-electron chi connectivity index (χ4n) is 1.88. The minimum atomic E-state index is -0.116. The number of aromatic nitrogens is 4. The second-order valence-corrected chi connectivity index (χ2v) is 4.64.